The first kappa shape index (κ1) is 15.5. The molecule has 106 valence electrons. The summed E-state index contributed by atoms with van der Waals surface area (Å²) < 4.78 is 0. The Balaban J connectivity index is 2.45. The van der Waals surface area contributed by atoms with E-state index in [2.05, 4.69) is 10.6 Å². The number of aromatic hydroxyl groups is 1. The van der Waals surface area contributed by atoms with Crippen LogP contribution >= 0.6 is 0 Å². The molecule has 4 heteroatoms. The first-order valence-electron chi connectivity index (χ1n) is 6.72. The predicted octanol–water partition coefficient (Wildman–Crippen LogP) is 2.27. The molecule has 0 fully saturated rings. The Labute approximate surface area is 115 Å². The maximum absolute atomic E-state index is 11.5. The van der Waals surface area contributed by atoms with E-state index < -0.39 is 0 Å². The van der Waals surface area contributed by atoms with Crippen LogP contribution in [-0.2, 0) is 4.79 Å². The van der Waals surface area contributed by atoms with E-state index in [-0.39, 0.29) is 23.7 Å². The number of carbonyl (C=O) groups excluding carboxylic acids is 1. The van der Waals surface area contributed by atoms with Gasteiger partial charge in [-0.25, -0.2) is 0 Å². The minimum absolute atomic E-state index is 0.0201. The summed E-state index contributed by atoms with van der Waals surface area (Å²) in [5, 5.41) is 15.9. The van der Waals surface area contributed by atoms with Crippen LogP contribution in [0.15, 0.2) is 18.2 Å². The average molecular weight is 264 g/mol. The van der Waals surface area contributed by atoms with Gasteiger partial charge in [-0.2, -0.15) is 0 Å². The van der Waals surface area contributed by atoms with Gasteiger partial charge in [0, 0.05) is 30.6 Å². The van der Waals surface area contributed by atoms with Crippen LogP contribution in [-0.4, -0.2) is 23.6 Å². The van der Waals surface area contributed by atoms with Crippen molar-refractivity contribution >= 4 is 5.91 Å². The zero-order chi connectivity index (χ0) is 14.4. The summed E-state index contributed by atoms with van der Waals surface area (Å²) in [5.74, 6) is 0.334. The number of aryl methyl sites for hydroxylation is 1. The third-order valence-electron chi connectivity index (χ3n) is 2.90. The molecule has 0 saturated heterocycles. The Hall–Kier alpha value is -1.55. The van der Waals surface area contributed by atoms with Crippen LogP contribution in [0.2, 0.25) is 0 Å². The van der Waals surface area contributed by atoms with E-state index in [1.165, 1.54) is 0 Å². The second kappa shape index (κ2) is 7.14. The van der Waals surface area contributed by atoms with Crippen LogP contribution in [0.5, 0.6) is 5.75 Å². The van der Waals surface area contributed by atoms with Gasteiger partial charge in [0.15, 0.2) is 0 Å². The Bertz CT molecular complexity index is 430. The lowest BCUT2D eigenvalue weighted by Gasteiger charge is -2.16. The van der Waals surface area contributed by atoms with Crippen molar-refractivity contribution in [2.24, 2.45) is 0 Å². The van der Waals surface area contributed by atoms with Crippen LogP contribution in [0, 0.1) is 6.92 Å². The van der Waals surface area contributed by atoms with Crippen LogP contribution in [0.4, 0.5) is 0 Å². The lowest BCUT2D eigenvalue weighted by atomic mass is 10.0. The summed E-state index contributed by atoms with van der Waals surface area (Å²) in [6.07, 6.45) is 0.440. The van der Waals surface area contributed by atoms with Crippen LogP contribution < -0.4 is 10.6 Å². The highest BCUT2D eigenvalue weighted by molar-refractivity contribution is 5.76. The molecular formula is C15H24N2O2. The van der Waals surface area contributed by atoms with Gasteiger partial charge in [-0.15, -0.1) is 0 Å². The smallest absolute Gasteiger partial charge is 0.221 e. The van der Waals surface area contributed by atoms with Crippen molar-refractivity contribution in [3.05, 3.63) is 29.3 Å². The highest BCUT2D eigenvalue weighted by Gasteiger charge is 2.10. The number of hydrogen-bond acceptors (Lipinski definition) is 3. The highest BCUT2D eigenvalue weighted by atomic mass is 16.3. The summed E-state index contributed by atoms with van der Waals surface area (Å²) >= 11 is 0. The van der Waals surface area contributed by atoms with Gasteiger partial charge in [0.2, 0.25) is 5.91 Å². The van der Waals surface area contributed by atoms with Crippen molar-refractivity contribution < 1.29 is 9.90 Å². The molecule has 0 saturated carbocycles. The monoisotopic (exact) mass is 264 g/mol. The predicted molar refractivity (Wildman–Crippen MR) is 77.2 cm³/mol. The van der Waals surface area contributed by atoms with Crippen molar-refractivity contribution in [1.82, 2.24) is 10.6 Å². The number of nitrogens with one attached hydrogen (secondary N) is 2. The van der Waals surface area contributed by atoms with E-state index in [9.17, 15) is 9.90 Å². The zero-order valence-corrected chi connectivity index (χ0v) is 12.2. The summed E-state index contributed by atoms with van der Waals surface area (Å²) in [7, 11) is 0. The molecule has 0 spiro atoms. The van der Waals surface area contributed by atoms with E-state index in [1.54, 1.807) is 6.07 Å². The van der Waals surface area contributed by atoms with Gasteiger partial charge in [-0.1, -0.05) is 17.7 Å². The van der Waals surface area contributed by atoms with Gasteiger partial charge in [0.25, 0.3) is 0 Å². The molecule has 0 radical (unpaired) electrons. The topological polar surface area (TPSA) is 61.4 Å². The van der Waals surface area contributed by atoms with Crippen LogP contribution in [0.1, 0.15) is 44.4 Å². The number of amides is 1. The third-order valence-corrected chi connectivity index (χ3v) is 2.90. The molecule has 19 heavy (non-hydrogen) atoms. The van der Waals surface area contributed by atoms with E-state index in [4.69, 9.17) is 0 Å². The molecule has 1 atom stereocenters. The van der Waals surface area contributed by atoms with Crippen molar-refractivity contribution in [3.8, 4) is 5.75 Å². The standard InChI is InChI=1S/C15H24N2O2/c1-10(2)17-15(19)7-8-16-12(4)13-9-11(3)5-6-14(13)18/h5-6,9-10,12,16,18H,7-8H2,1-4H3,(H,17,19). The van der Waals surface area contributed by atoms with Gasteiger partial charge >= 0.3 is 0 Å². The van der Waals surface area contributed by atoms with Crippen molar-refractivity contribution in [3.63, 3.8) is 0 Å². The fourth-order valence-corrected chi connectivity index (χ4v) is 1.93. The van der Waals surface area contributed by atoms with Crippen molar-refractivity contribution in [1.29, 1.82) is 0 Å². The molecule has 1 unspecified atom stereocenters. The Morgan fingerprint density at radius 2 is 2.00 bits per heavy atom. The Kier molecular flexibility index (Phi) is 5.83. The van der Waals surface area contributed by atoms with E-state index in [0.29, 0.717) is 13.0 Å². The van der Waals surface area contributed by atoms with Gasteiger partial charge in [-0.05, 0) is 33.8 Å². The summed E-state index contributed by atoms with van der Waals surface area (Å²) in [5.41, 5.74) is 1.98. The van der Waals surface area contributed by atoms with Crippen molar-refractivity contribution in [2.45, 2.75) is 46.2 Å². The molecule has 0 aliphatic rings. The molecule has 1 aromatic carbocycles. The highest BCUT2D eigenvalue weighted by Crippen LogP contribution is 2.24. The molecule has 0 heterocycles. The molecule has 1 amide bonds. The van der Waals surface area contributed by atoms with Gasteiger partial charge < -0.3 is 15.7 Å². The number of benzene rings is 1. The number of carbonyl (C=O) groups is 1. The lowest BCUT2D eigenvalue weighted by Crippen LogP contribution is -2.33. The first-order valence-corrected chi connectivity index (χ1v) is 6.72. The second-order valence-corrected chi connectivity index (χ2v) is 5.21. The molecule has 1 rings (SSSR count). The number of hydrogen-bond donors (Lipinski definition) is 3. The largest absolute Gasteiger partial charge is 0.508 e. The molecule has 0 aromatic heterocycles. The zero-order valence-electron chi connectivity index (χ0n) is 12.2. The number of phenolic OH excluding ortho intramolecular Hbond substituents is 1. The summed E-state index contributed by atoms with van der Waals surface area (Å²) in [4.78, 5) is 11.5. The maximum atomic E-state index is 11.5. The minimum atomic E-state index is 0.0201. The first-order chi connectivity index (χ1) is 8.90. The molecule has 4 nitrogen and oxygen atoms in total. The minimum Gasteiger partial charge on any atom is -0.508 e. The quantitative estimate of drug-likeness (QED) is 0.738. The van der Waals surface area contributed by atoms with Gasteiger partial charge in [0.05, 0.1) is 0 Å². The molecule has 3 N–H and O–H groups in total. The number of phenols is 1. The van der Waals surface area contributed by atoms with Crippen LogP contribution in [0.3, 0.4) is 0 Å². The van der Waals surface area contributed by atoms with E-state index in [0.717, 1.165) is 11.1 Å². The molecular weight excluding hydrogens is 240 g/mol. The second-order valence-electron chi connectivity index (χ2n) is 5.21. The van der Waals surface area contributed by atoms with Gasteiger partial charge in [0.1, 0.15) is 5.75 Å². The van der Waals surface area contributed by atoms with E-state index >= 15 is 0 Å². The molecule has 0 bridgehead atoms. The fraction of sp³-hybridized carbons (Fsp3) is 0.533. The SMILES string of the molecule is Cc1ccc(O)c(C(C)NCCC(=O)NC(C)C)c1. The maximum Gasteiger partial charge on any atom is 0.221 e. The number of rotatable bonds is 6. The fourth-order valence-electron chi connectivity index (χ4n) is 1.93. The Morgan fingerprint density at radius 3 is 2.63 bits per heavy atom. The van der Waals surface area contributed by atoms with Crippen LogP contribution in [0.25, 0.3) is 0 Å². The van der Waals surface area contributed by atoms with E-state index in [1.807, 2.05) is 39.8 Å². The average Bonchev–Trinajstić information content (AvgIpc) is 2.31. The molecule has 0 aliphatic heterocycles. The van der Waals surface area contributed by atoms with Gasteiger partial charge in [-0.3, -0.25) is 4.79 Å². The summed E-state index contributed by atoms with van der Waals surface area (Å²) in [6.45, 7) is 8.45. The Morgan fingerprint density at radius 1 is 1.32 bits per heavy atom. The third kappa shape index (κ3) is 5.30. The molecule has 0 aliphatic carbocycles. The normalized spacial score (nSPS) is 12.5. The lowest BCUT2D eigenvalue weighted by molar-refractivity contribution is -0.121. The molecule has 1 aromatic rings. The summed E-state index contributed by atoms with van der Waals surface area (Å²) in [6, 6.07) is 5.73. The van der Waals surface area contributed by atoms with Crippen molar-refractivity contribution in [2.75, 3.05) is 6.54 Å².